The molecule has 5 unspecified atom stereocenters. The van der Waals surface area contributed by atoms with Gasteiger partial charge in [-0.05, 0) is 18.4 Å². The summed E-state index contributed by atoms with van der Waals surface area (Å²) in [6.45, 7) is 5.44. The van der Waals surface area contributed by atoms with E-state index in [-0.39, 0.29) is 37.6 Å². The molecule has 0 aliphatic carbocycles. The van der Waals surface area contributed by atoms with Crippen LogP contribution in [0.25, 0.3) is 10.4 Å². The predicted octanol–water partition coefficient (Wildman–Crippen LogP) is 2.02. The predicted molar refractivity (Wildman–Crippen MR) is 104 cm³/mol. The van der Waals surface area contributed by atoms with E-state index in [1.54, 1.807) is 0 Å². The molecule has 0 bridgehead atoms. The Hall–Kier alpha value is -2.69. The molecule has 2 saturated heterocycles. The molecule has 0 saturated carbocycles. The summed E-state index contributed by atoms with van der Waals surface area (Å²) in [4.78, 5) is 53.7. The van der Waals surface area contributed by atoms with Crippen molar-refractivity contribution in [1.82, 2.24) is 5.06 Å². The van der Waals surface area contributed by atoms with Gasteiger partial charge in [-0.15, -0.1) is 5.06 Å². The molecule has 2 amide bonds. The summed E-state index contributed by atoms with van der Waals surface area (Å²) in [5.74, 6) is -2.31. The second-order valence-corrected chi connectivity index (χ2v) is 7.62. The van der Waals surface area contributed by atoms with Gasteiger partial charge in [0.05, 0.1) is 6.54 Å². The lowest BCUT2D eigenvalue weighted by molar-refractivity contribution is -0.264. The van der Waals surface area contributed by atoms with E-state index in [1.165, 1.54) is 6.92 Å². The number of rotatable bonds is 10. The number of nitrogens with zero attached hydrogens (tertiary/aromatic N) is 4. The van der Waals surface area contributed by atoms with Gasteiger partial charge in [-0.2, -0.15) is 0 Å². The van der Waals surface area contributed by atoms with Gasteiger partial charge >= 0.3 is 11.9 Å². The monoisotopic (exact) mass is 440 g/mol. The first-order valence-electron chi connectivity index (χ1n) is 10.3. The summed E-state index contributed by atoms with van der Waals surface area (Å²) < 4.78 is 17.1. The largest absolute Gasteiger partial charge is 0.459 e. The third-order valence-electron chi connectivity index (χ3n) is 5.34. The van der Waals surface area contributed by atoms with Crippen LogP contribution in [0, 0.1) is 11.8 Å². The topological polar surface area (TPSA) is 157 Å². The van der Waals surface area contributed by atoms with Crippen molar-refractivity contribution in [3.8, 4) is 0 Å². The van der Waals surface area contributed by atoms with Crippen LogP contribution in [0.3, 0.4) is 0 Å². The van der Waals surface area contributed by atoms with E-state index in [0.717, 1.165) is 0 Å². The smallest absolute Gasteiger partial charge is 0.333 e. The van der Waals surface area contributed by atoms with Gasteiger partial charge in [-0.3, -0.25) is 14.4 Å². The Morgan fingerprint density at radius 3 is 2.48 bits per heavy atom. The van der Waals surface area contributed by atoms with Gasteiger partial charge in [0, 0.05) is 49.5 Å². The van der Waals surface area contributed by atoms with E-state index in [9.17, 15) is 19.2 Å². The Morgan fingerprint density at radius 1 is 1.19 bits per heavy atom. The number of carbonyl (C=O) groups excluding carboxylic acids is 4. The van der Waals surface area contributed by atoms with E-state index in [4.69, 9.17) is 24.6 Å². The molecule has 0 aromatic carbocycles. The molecule has 2 rings (SSSR count). The van der Waals surface area contributed by atoms with Crippen LogP contribution >= 0.6 is 0 Å². The first-order chi connectivity index (χ1) is 14.7. The van der Waals surface area contributed by atoms with Crippen LogP contribution < -0.4 is 0 Å². The highest BCUT2D eigenvalue weighted by molar-refractivity contribution is 6.01. The number of hydroxylamine groups is 2. The number of imide groups is 1. The Labute approximate surface area is 179 Å². The Bertz CT molecular complexity index is 722. The lowest BCUT2D eigenvalue weighted by atomic mass is 9.84. The van der Waals surface area contributed by atoms with Gasteiger partial charge in [0.2, 0.25) is 0 Å². The minimum Gasteiger partial charge on any atom is -0.459 e. The summed E-state index contributed by atoms with van der Waals surface area (Å²) >= 11 is 0. The molecule has 31 heavy (non-hydrogen) atoms. The molecule has 0 N–H and O–H groups in total. The molecule has 0 aromatic rings. The van der Waals surface area contributed by atoms with Crippen molar-refractivity contribution in [3.05, 3.63) is 10.4 Å². The maximum atomic E-state index is 11.8. The van der Waals surface area contributed by atoms with Crippen LogP contribution in [0.2, 0.25) is 0 Å². The van der Waals surface area contributed by atoms with Crippen LogP contribution in [0.4, 0.5) is 0 Å². The minimum absolute atomic E-state index is 0.00511. The first kappa shape index (κ1) is 24.6. The molecule has 0 aromatic heterocycles. The zero-order chi connectivity index (χ0) is 23.0. The van der Waals surface area contributed by atoms with Gasteiger partial charge in [-0.25, -0.2) is 4.79 Å². The number of azide groups is 1. The van der Waals surface area contributed by atoms with Crippen LogP contribution in [-0.4, -0.2) is 60.5 Å². The molecule has 12 heteroatoms. The molecule has 2 heterocycles. The summed E-state index contributed by atoms with van der Waals surface area (Å²) in [7, 11) is 0. The van der Waals surface area contributed by atoms with Crippen molar-refractivity contribution in [2.75, 3.05) is 13.2 Å². The lowest BCUT2D eigenvalue weighted by Gasteiger charge is -2.43. The number of esters is 1. The quantitative estimate of drug-likeness (QED) is 0.125. The number of amides is 2. The second-order valence-electron chi connectivity index (χ2n) is 7.62. The van der Waals surface area contributed by atoms with Crippen molar-refractivity contribution in [1.29, 1.82) is 0 Å². The van der Waals surface area contributed by atoms with Crippen molar-refractivity contribution >= 4 is 23.8 Å². The van der Waals surface area contributed by atoms with Crippen molar-refractivity contribution in [3.63, 3.8) is 0 Å². The normalized spacial score (nSPS) is 28.2. The molecular weight excluding hydrogens is 412 g/mol. The molecule has 0 spiro atoms. The molecule has 2 aliphatic heterocycles. The first-order valence-corrected chi connectivity index (χ1v) is 10.3. The molecule has 2 aliphatic rings. The Balaban J connectivity index is 1.77. The van der Waals surface area contributed by atoms with Crippen LogP contribution in [0.5, 0.6) is 0 Å². The number of hydrogen-bond donors (Lipinski definition) is 0. The highest BCUT2D eigenvalue weighted by Gasteiger charge is 2.43. The van der Waals surface area contributed by atoms with Crippen molar-refractivity contribution in [2.24, 2.45) is 17.0 Å². The van der Waals surface area contributed by atoms with E-state index in [1.807, 2.05) is 13.8 Å². The molecule has 5 atom stereocenters. The maximum absolute atomic E-state index is 11.8. The summed E-state index contributed by atoms with van der Waals surface area (Å²) in [5, 5.41) is 4.06. The fraction of sp³-hybridized carbons (Fsp3) is 0.789. The second kappa shape index (κ2) is 11.6. The SMILES string of the molecule is CC(=O)OC1C(CN=[N+]=[N-])OC(OCCCCC(=O)ON2C(=O)CCC2=O)C(C)C1C. The van der Waals surface area contributed by atoms with Crippen LogP contribution in [0.1, 0.15) is 52.9 Å². The molecule has 2 fully saturated rings. The number of carbonyl (C=O) groups is 4. The molecular formula is C19H28N4O8. The van der Waals surface area contributed by atoms with Crippen LogP contribution in [-0.2, 0) is 38.2 Å². The number of ether oxygens (including phenoxy) is 3. The zero-order valence-electron chi connectivity index (χ0n) is 17.9. The number of hydrogen-bond acceptors (Lipinski definition) is 9. The van der Waals surface area contributed by atoms with E-state index < -0.39 is 42.3 Å². The highest BCUT2D eigenvalue weighted by Crippen LogP contribution is 2.33. The van der Waals surface area contributed by atoms with Gasteiger partial charge < -0.3 is 19.0 Å². The van der Waals surface area contributed by atoms with Crippen molar-refractivity contribution < 1.29 is 38.2 Å². The van der Waals surface area contributed by atoms with Crippen molar-refractivity contribution in [2.45, 2.75) is 71.4 Å². The number of unbranched alkanes of at least 4 members (excludes halogenated alkanes) is 1. The van der Waals surface area contributed by atoms with Gasteiger partial charge in [-0.1, -0.05) is 19.0 Å². The van der Waals surface area contributed by atoms with E-state index in [2.05, 4.69) is 10.0 Å². The Morgan fingerprint density at radius 2 is 1.87 bits per heavy atom. The summed E-state index contributed by atoms with van der Waals surface area (Å²) in [5.41, 5.74) is 8.60. The standard InChI is InChI=1S/C19H28N4O8/c1-11-12(2)19(30-14(10-21-22-20)18(11)29-13(3)24)28-9-5-4-6-17(27)31-23-15(25)7-8-16(23)26/h11-12,14,18-19H,4-10H2,1-3H3. The average molecular weight is 440 g/mol. The summed E-state index contributed by atoms with van der Waals surface area (Å²) in [6, 6.07) is 0. The highest BCUT2D eigenvalue weighted by atomic mass is 16.7. The molecule has 12 nitrogen and oxygen atoms in total. The van der Waals surface area contributed by atoms with Gasteiger partial charge in [0.1, 0.15) is 12.2 Å². The lowest BCUT2D eigenvalue weighted by Crippen LogP contribution is -2.52. The fourth-order valence-electron chi connectivity index (χ4n) is 3.47. The third kappa shape index (κ3) is 6.91. The van der Waals surface area contributed by atoms with Gasteiger partial charge in [0.25, 0.3) is 11.8 Å². The minimum atomic E-state index is -0.654. The summed E-state index contributed by atoms with van der Waals surface area (Å²) in [6.07, 6.45) is -0.673. The maximum Gasteiger partial charge on any atom is 0.333 e. The fourth-order valence-corrected chi connectivity index (χ4v) is 3.47. The van der Waals surface area contributed by atoms with E-state index in [0.29, 0.717) is 24.5 Å². The Kier molecular flexibility index (Phi) is 9.22. The average Bonchev–Trinajstić information content (AvgIpc) is 3.03. The zero-order valence-corrected chi connectivity index (χ0v) is 17.9. The molecule has 172 valence electrons. The molecule has 0 radical (unpaired) electrons. The van der Waals surface area contributed by atoms with E-state index >= 15 is 0 Å². The third-order valence-corrected chi connectivity index (χ3v) is 5.34. The van der Waals surface area contributed by atoms with Gasteiger partial charge in [0.15, 0.2) is 6.29 Å². The van der Waals surface area contributed by atoms with Crippen LogP contribution in [0.15, 0.2) is 5.11 Å².